The van der Waals surface area contributed by atoms with Gasteiger partial charge in [0, 0.05) is 42.0 Å². The third-order valence-electron chi connectivity index (χ3n) is 3.06. The summed E-state index contributed by atoms with van der Waals surface area (Å²) in [6, 6.07) is 7.99. The Morgan fingerprint density at radius 1 is 1.33 bits per heavy atom. The van der Waals surface area contributed by atoms with E-state index in [4.69, 9.17) is 4.74 Å². The Morgan fingerprint density at radius 3 is 2.76 bits per heavy atom. The van der Waals surface area contributed by atoms with Gasteiger partial charge < -0.3 is 15.0 Å². The molecule has 1 aromatic heterocycles. The molecular formula is C16H23N3OS. The van der Waals surface area contributed by atoms with Crippen molar-refractivity contribution in [1.29, 1.82) is 0 Å². The highest BCUT2D eigenvalue weighted by Gasteiger charge is 2.12. The van der Waals surface area contributed by atoms with Gasteiger partial charge in [-0.1, -0.05) is 6.07 Å². The SMILES string of the molecule is COc1cccc(N(C)c2ncc(CNC(C)(C)C)s2)c1. The molecule has 2 rings (SSSR count). The Kier molecular flexibility index (Phi) is 4.85. The number of nitrogens with zero attached hydrogens (tertiary/aromatic N) is 2. The molecule has 1 aromatic carbocycles. The van der Waals surface area contributed by atoms with Gasteiger partial charge in [-0.2, -0.15) is 0 Å². The zero-order valence-electron chi connectivity index (χ0n) is 13.3. The fourth-order valence-electron chi connectivity index (χ4n) is 1.82. The van der Waals surface area contributed by atoms with Crippen molar-refractivity contribution in [2.24, 2.45) is 0 Å². The normalized spacial score (nSPS) is 11.5. The summed E-state index contributed by atoms with van der Waals surface area (Å²) >= 11 is 1.70. The van der Waals surface area contributed by atoms with Crippen LogP contribution in [-0.2, 0) is 6.54 Å². The summed E-state index contributed by atoms with van der Waals surface area (Å²) < 4.78 is 5.27. The van der Waals surface area contributed by atoms with Crippen LogP contribution in [0.4, 0.5) is 10.8 Å². The Morgan fingerprint density at radius 2 is 2.10 bits per heavy atom. The first-order valence-corrected chi connectivity index (χ1v) is 7.78. The van der Waals surface area contributed by atoms with Gasteiger partial charge in [-0.15, -0.1) is 11.3 Å². The predicted octanol–water partition coefficient (Wildman–Crippen LogP) is 3.81. The van der Waals surface area contributed by atoms with E-state index in [2.05, 4.69) is 42.0 Å². The van der Waals surface area contributed by atoms with Crippen LogP contribution < -0.4 is 15.0 Å². The molecule has 0 saturated heterocycles. The minimum Gasteiger partial charge on any atom is -0.497 e. The lowest BCUT2D eigenvalue weighted by molar-refractivity contribution is 0.415. The number of thiazole rings is 1. The average molecular weight is 305 g/mol. The number of ether oxygens (including phenoxy) is 1. The van der Waals surface area contributed by atoms with Crippen molar-refractivity contribution >= 4 is 22.2 Å². The van der Waals surface area contributed by atoms with Crippen LogP contribution in [0, 0.1) is 0 Å². The number of rotatable bonds is 5. The van der Waals surface area contributed by atoms with E-state index in [0.717, 1.165) is 23.1 Å². The summed E-state index contributed by atoms with van der Waals surface area (Å²) in [6.07, 6.45) is 1.94. The number of aromatic nitrogens is 1. The van der Waals surface area contributed by atoms with Crippen LogP contribution in [0.3, 0.4) is 0 Å². The maximum atomic E-state index is 5.27. The highest BCUT2D eigenvalue weighted by atomic mass is 32.1. The van der Waals surface area contributed by atoms with E-state index in [1.165, 1.54) is 4.88 Å². The van der Waals surface area contributed by atoms with Crippen LogP contribution in [0.15, 0.2) is 30.5 Å². The van der Waals surface area contributed by atoms with Crippen LogP contribution in [0.5, 0.6) is 5.75 Å². The number of anilines is 2. The fraction of sp³-hybridized carbons (Fsp3) is 0.438. The van der Waals surface area contributed by atoms with Gasteiger partial charge in [-0.3, -0.25) is 0 Å². The Bertz CT molecular complexity index is 589. The molecule has 0 amide bonds. The lowest BCUT2D eigenvalue weighted by Gasteiger charge is -2.19. The zero-order chi connectivity index (χ0) is 15.5. The first-order chi connectivity index (χ1) is 9.89. The van der Waals surface area contributed by atoms with Gasteiger partial charge >= 0.3 is 0 Å². The molecule has 5 heteroatoms. The molecular weight excluding hydrogens is 282 g/mol. The smallest absolute Gasteiger partial charge is 0.189 e. The molecule has 0 atom stereocenters. The Hall–Kier alpha value is -1.59. The van der Waals surface area contributed by atoms with Gasteiger partial charge in [0.05, 0.1) is 7.11 Å². The topological polar surface area (TPSA) is 37.4 Å². The standard InChI is InChI=1S/C16H23N3OS/c1-16(2,3)18-11-14-10-17-15(21-14)19(4)12-7-6-8-13(9-12)20-5/h6-10,18H,11H2,1-5H3. The second-order valence-electron chi connectivity index (χ2n) is 5.97. The predicted molar refractivity (Wildman–Crippen MR) is 89.8 cm³/mol. The number of hydrogen-bond donors (Lipinski definition) is 1. The third kappa shape index (κ3) is 4.44. The van der Waals surface area contributed by atoms with Crippen LogP contribution in [0.1, 0.15) is 25.6 Å². The summed E-state index contributed by atoms with van der Waals surface area (Å²) in [4.78, 5) is 7.82. The van der Waals surface area contributed by atoms with Crippen LogP contribution in [0.25, 0.3) is 0 Å². The number of methoxy groups -OCH3 is 1. The summed E-state index contributed by atoms with van der Waals surface area (Å²) in [5.74, 6) is 0.852. The highest BCUT2D eigenvalue weighted by Crippen LogP contribution is 2.30. The molecule has 0 aliphatic rings. The van der Waals surface area contributed by atoms with Gasteiger partial charge in [0.1, 0.15) is 5.75 Å². The molecule has 0 bridgehead atoms. The van der Waals surface area contributed by atoms with Crippen molar-refractivity contribution in [3.05, 3.63) is 35.3 Å². The molecule has 0 aliphatic heterocycles. The van der Waals surface area contributed by atoms with E-state index in [-0.39, 0.29) is 5.54 Å². The molecule has 0 fully saturated rings. The first kappa shape index (κ1) is 15.8. The maximum absolute atomic E-state index is 5.27. The van der Waals surface area contributed by atoms with Crippen molar-refractivity contribution in [3.8, 4) is 5.75 Å². The van der Waals surface area contributed by atoms with Gasteiger partial charge in [0.25, 0.3) is 0 Å². The summed E-state index contributed by atoms with van der Waals surface area (Å²) in [6.45, 7) is 7.33. The summed E-state index contributed by atoms with van der Waals surface area (Å²) in [7, 11) is 3.70. The fourth-order valence-corrected chi connectivity index (χ4v) is 2.65. The lowest BCUT2D eigenvalue weighted by Crippen LogP contribution is -2.34. The van der Waals surface area contributed by atoms with Gasteiger partial charge in [0.2, 0.25) is 0 Å². The average Bonchev–Trinajstić information content (AvgIpc) is 2.92. The molecule has 0 spiro atoms. The molecule has 21 heavy (non-hydrogen) atoms. The van der Waals surface area contributed by atoms with Crippen LogP contribution in [0.2, 0.25) is 0 Å². The van der Waals surface area contributed by atoms with E-state index in [1.807, 2.05) is 31.4 Å². The zero-order valence-corrected chi connectivity index (χ0v) is 14.1. The second-order valence-corrected chi connectivity index (χ2v) is 7.07. The van der Waals surface area contributed by atoms with Gasteiger partial charge in [-0.25, -0.2) is 4.98 Å². The van der Waals surface area contributed by atoms with E-state index in [0.29, 0.717) is 0 Å². The number of benzene rings is 1. The summed E-state index contributed by atoms with van der Waals surface area (Å²) in [5, 5.41) is 4.46. The van der Waals surface area contributed by atoms with Crippen molar-refractivity contribution in [2.75, 3.05) is 19.1 Å². The molecule has 2 aromatic rings. The molecule has 4 nitrogen and oxygen atoms in total. The third-order valence-corrected chi connectivity index (χ3v) is 4.14. The Balaban J connectivity index is 2.09. The van der Waals surface area contributed by atoms with Crippen molar-refractivity contribution in [3.63, 3.8) is 0 Å². The minimum atomic E-state index is 0.114. The molecule has 0 saturated carbocycles. The quantitative estimate of drug-likeness (QED) is 0.911. The van der Waals surface area contributed by atoms with Crippen LogP contribution >= 0.6 is 11.3 Å². The van der Waals surface area contributed by atoms with E-state index < -0.39 is 0 Å². The first-order valence-electron chi connectivity index (χ1n) is 6.96. The van der Waals surface area contributed by atoms with Crippen molar-refractivity contribution in [1.82, 2.24) is 10.3 Å². The van der Waals surface area contributed by atoms with Gasteiger partial charge in [0.15, 0.2) is 5.13 Å². The molecule has 0 unspecified atom stereocenters. The highest BCUT2D eigenvalue weighted by molar-refractivity contribution is 7.15. The maximum Gasteiger partial charge on any atom is 0.189 e. The molecule has 0 aliphatic carbocycles. The van der Waals surface area contributed by atoms with E-state index in [9.17, 15) is 0 Å². The largest absolute Gasteiger partial charge is 0.497 e. The minimum absolute atomic E-state index is 0.114. The van der Waals surface area contributed by atoms with Crippen molar-refractivity contribution in [2.45, 2.75) is 32.9 Å². The van der Waals surface area contributed by atoms with Crippen molar-refractivity contribution < 1.29 is 4.74 Å². The monoisotopic (exact) mass is 305 g/mol. The van der Waals surface area contributed by atoms with E-state index >= 15 is 0 Å². The lowest BCUT2D eigenvalue weighted by atomic mass is 10.1. The Labute approximate surface area is 130 Å². The van der Waals surface area contributed by atoms with Gasteiger partial charge in [-0.05, 0) is 32.9 Å². The van der Waals surface area contributed by atoms with E-state index in [1.54, 1.807) is 18.4 Å². The molecule has 0 radical (unpaired) electrons. The summed E-state index contributed by atoms with van der Waals surface area (Å²) in [5.41, 5.74) is 1.18. The molecule has 1 heterocycles. The molecule has 1 N–H and O–H groups in total. The van der Waals surface area contributed by atoms with Crippen LogP contribution in [-0.4, -0.2) is 24.7 Å². The second kappa shape index (κ2) is 6.45. The number of hydrogen-bond acceptors (Lipinski definition) is 5. The number of nitrogens with one attached hydrogen (secondary N) is 1. The molecule has 114 valence electrons.